The number of halogens is 1. The molecule has 0 aliphatic rings. The Morgan fingerprint density at radius 1 is 0.870 bits per heavy atom. The van der Waals surface area contributed by atoms with E-state index in [0.29, 0.717) is 19.8 Å². The first-order valence-electron chi connectivity index (χ1n) is 7.77. The molecule has 0 amide bonds. The molecule has 1 heterocycles. The van der Waals surface area contributed by atoms with E-state index in [1.165, 1.54) is 11.1 Å². The molecule has 23 heavy (non-hydrogen) atoms. The van der Waals surface area contributed by atoms with Crippen LogP contribution in [0.15, 0.2) is 54.9 Å². The third-order valence-electron chi connectivity index (χ3n) is 3.25. The lowest BCUT2D eigenvalue weighted by Gasteiger charge is -2.13. The van der Waals surface area contributed by atoms with Crippen molar-refractivity contribution in [3.8, 4) is 0 Å². The van der Waals surface area contributed by atoms with E-state index in [0.717, 1.165) is 0 Å². The number of ether oxygens (including phenoxy) is 2. The predicted octanol–water partition coefficient (Wildman–Crippen LogP) is 0.548. The highest BCUT2D eigenvalue weighted by atomic mass is 79.9. The molecule has 0 radical (unpaired) electrons. The summed E-state index contributed by atoms with van der Waals surface area (Å²) in [6.07, 6.45) is 8.14. The summed E-state index contributed by atoms with van der Waals surface area (Å²) in [6.45, 7) is 5.97. The molecule has 3 nitrogen and oxygen atoms in total. The van der Waals surface area contributed by atoms with Crippen molar-refractivity contribution in [1.82, 2.24) is 0 Å². The number of hydrogen-bond acceptors (Lipinski definition) is 2. The van der Waals surface area contributed by atoms with E-state index in [4.69, 9.17) is 9.47 Å². The van der Waals surface area contributed by atoms with Gasteiger partial charge in [-0.15, -0.1) is 0 Å². The van der Waals surface area contributed by atoms with Crippen molar-refractivity contribution < 1.29 is 31.0 Å². The van der Waals surface area contributed by atoms with Gasteiger partial charge in [-0.3, -0.25) is 0 Å². The third-order valence-corrected chi connectivity index (χ3v) is 3.25. The van der Waals surface area contributed by atoms with E-state index in [1.54, 1.807) is 0 Å². The van der Waals surface area contributed by atoms with Gasteiger partial charge in [-0.05, 0) is 25.0 Å². The van der Waals surface area contributed by atoms with Gasteiger partial charge in [0.2, 0.25) is 6.29 Å². The standard InChI is InChI=1S/C19H24NO2.BrH/c1-3-21-19(22-4-2)16-20-14-12-18(13-15-20)11-10-17-8-6-5-7-9-17;/h5-15,19H,3-4,16H2,1-2H3;1H/q+1;/p-1. The molecular formula is C19H24BrNO2. The molecule has 0 fully saturated rings. The first-order chi connectivity index (χ1) is 10.8. The highest BCUT2D eigenvalue weighted by molar-refractivity contribution is 5.68. The smallest absolute Gasteiger partial charge is 0.217 e. The van der Waals surface area contributed by atoms with Crippen LogP contribution in [0, 0.1) is 0 Å². The second kappa shape index (κ2) is 11.1. The van der Waals surface area contributed by atoms with E-state index in [-0.39, 0.29) is 23.3 Å². The second-order valence-electron chi connectivity index (χ2n) is 4.91. The Morgan fingerprint density at radius 2 is 1.39 bits per heavy atom. The van der Waals surface area contributed by atoms with Crippen molar-refractivity contribution in [3.05, 3.63) is 66.0 Å². The molecule has 0 aliphatic heterocycles. The highest BCUT2D eigenvalue weighted by Crippen LogP contribution is 2.06. The fourth-order valence-corrected chi connectivity index (χ4v) is 2.16. The maximum atomic E-state index is 5.56. The van der Waals surface area contributed by atoms with Crippen molar-refractivity contribution in [1.29, 1.82) is 0 Å². The summed E-state index contributed by atoms with van der Waals surface area (Å²) < 4.78 is 13.2. The van der Waals surface area contributed by atoms with Gasteiger partial charge in [-0.25, -0.2) is 0 Å². The SMILES string of the molecule is CCOC(C[n+]1ccc(C=Cc2ccccc2)cc1)OCC.[Br-]. The zero-order valence-electron chi connectivity index (χ0n) is 13.7. The monoisotopic (exact) mass is 377 g/mol. The predicted molar refractivity (Wildman–Crippen MR) is 89.0 cm³/mol. The summed E-state index contributed by atoms with van der Waals surface area (Å²) in [7, 11) is 0. The Labute approximate surface area is 149 Å². The number of hydrogen-bond donors (Lipinski definition) is 0. The molecule has 124 valence electrons. The van der Waals surface area contributed by atoms with Crippen LogP contribution in [0.5, 0.6) is 0 Å². The lowest BCUT2D eigenvalue weighted by molar-refractivity contribution is -0.711. The number of nitrogens with zero attached hydrogens (tertiary/aromatic N) is 1. The Hall–Kier alpha value is -1.49. The van der Waals surface area contributed by atoms with Crippen LogP contribution in [-0.2, 0) is 16.0 Å². The molecule has 0 saturated carbocycles. The molecule has 0 aliphatic carbocycles. The van der Waals surface area contributed by atoms with Gasteiger partial charge in [0.15, 0.2) is 18.9 Å². The van der Waals surface area contributed by atoms with Crippen molar-refractivity contribution in [2.75, 3.05) is 13.2 Å². The summed E-state index contributed by atoms with van der Waals surface area (Å²) in [4.78, 5) is 0. The first-order valence-corrected chi connectivity index (χ1v) is 7.77. The average Bonchev–Trinajstić information content (AvgIpc) is 2.56. The van der Waals surface area contributed by atoms with Gasteiger partial charge in [0, 0.05) is 25.3 Å². The zero-order valence-corrected chi connectivity index (χ0v) is 15.3. The Bertz CT molecular complexity index is 564. The van der Waals surface area contributed by atoms with Gasteiger partial charge < -0.3 is 26.5 Å². The molecule has 4 heteroatoms. The molecule has 0 spiro atoms. The minimum absolute atomic E-state index is 0. The van der Waals surface area contributed by atoms with Crippen molar-refractivity contribution in [2.45, 2.75) is 26.7 Å². The van der Waals surface area contributed by atoms with Crippen LogP contribution in [0.4, 0.5) is 0 Å². The molecule has 0 atom stereocenters. The average molecular weight is 378 g/mol. The van der Waals surface area contributed by atoms with Gasteiger partial charge in [0.05, 0.1) is 0 Å². The van der Waals surface area contributed by atoms with E-state index in [2.05, 4.69) is 53.4 Å². The number of benzene rings is 1. The zero-order chi connectivity index (χ0) is 15.6. The van der Waals surface area contributed by atoms with E-state index in [9.17, 15) is 0 Å². The minimum atomic E-state index is -0.189. The molecule has 0 bridgehead atoms. The van der Waals surface area contributed by atoms with Crippen molar-refractivity contribution >= 4 is 12.2 Å². The molecule has 2 rings (SSSR count). The highest BCUT2D eigenvalue weighted by Gasteiger charge is 2.13. The lowest BCUT2D eigenvalue weighted by Crippen LogP contribution is -3.00. The van der Waals surface area contributed by atoms with Crippen LogP contribution in [0.2, 0.25) is 0 Å². The molecule has 1 aromatic heterocycles. The van der Waals surface area contributed by atoms with Gasteiger partial charge in [-0.2, -0.15) is 4.57 Å². The summed E-state index contributed by atoms with van der Waals surface area (Å²) in [6, 6.07) is 14.5. The number of aromatic nitrogens is 1. The minimum Gasteiger partial charge on any atom is -1.00 e. The molecule has 0 N–H and O–H groups in total. The largest absolute Gasteiger partial charge is 1.00 e. The number of rotatable bonds is 8. The Morgan fingerprint density at radius 3 is 1.91 bits per heavy atom. The summed E-state index contributed by atoms with van der Waals surface area (Å²) >= 11 is 0. The summed E-state index contributed by atoms with van der Waals surface area (Å²) in [5, 5.41) is 0. The fourth-order valence-electron chi connectivity index (χ4n) is 2.16. The molecule has 2 aromatic rings. The van der Waals surface area contributed by atoms with Crippen LogP contribution in [0.3, 0.4) is 0 Å². The second-order valence-corrected chi connectivity index (χ2v) is 4.91. The maximum Gasteiger partial charge on any atom is 0.217 e. The summed E-state index contributed by atoms with van der Waals surface area (Å²) in [5.74, 6) is 0. The van der Waals surface area contributed by atoms with E-state index in [1.807, 2.05) is 32.0 Å². The van der Waals surface area contributed by atoms with Gasteiger partial charge in [-0.1, -0.05) is 42.5 Å². The Balaban J connectivity index is 0.00000264. The van der Waals surface area contributed by atoms with E-state index < -0.39 is 0 Å². The Kier molecular flexibility index (Phi) is 9.45. The first kappa shape index (κ1) is 19.6. The van der Waals surface area contributed by atoms with Crippen molar-refractivity contribution in [2.24, 2.45) is 0 Å². The van der Waals surface area contributed by atoms with E-state index >= 15 is 0 Å². The number of pyridine rings is 1. The lowest BCUT2D eigenvalue weighted by atomic mass is 10.1. The topological polar surface area (TPSA) is 22.3 Å². The fraction of sp³-hybridized carbons (Fsp3) is 0.316. The van der Waals surface area contributed by atoms with Crippen molar-refractivity contribution in [3.63, 3.8) is 0 Å². The quantitative estimate of drug-likeness (QED) is 0.495. The van der Waals surface area contributed by atoms with Crippen LogP contribution in [0.25, 0.3) is 12.2 Å². The molecule has 1 aromatic carbocycles. The van der Waals surface area contributed by atoms with Gasteiger partial charge in [0.1, 0.15) is 0 Å². The van der Waals surface area contributed by atoms with Crippen LogP contribution in [0.1, 0.15) is 25.0 Å². The van der Waals surface area contributed by atoms with Crippen LogP contribution in [-0.4, -0.2) is 19.5 Å². The molecule has 0 unspecified atom stereocenters. The summed E-state index contributed by atoms with van der Waals surface area (Å²) in [5.41, 5.74) is 2.37. The van der Waals surface area contributed by atoms with Gasteiger partial charge >= 0.3 is 0 Å². The molecule has 0 saturated heterocycles. The normalized spacial score (nSPS) is 10.9. The van der Waals surface area contributed by atoms with Crippen LogP contribution < -0.4 is 21.5 Å². The van der Waals surface area contributed by atoms with Crippen LogP contribution >= 0.6 is 0 Å². The third kappa shape index (κ3) is 7.08. The van der Waals surface area contributed by atoms with Gasteiger partial charge in [0.25, 0.3) is 0 Å². The maximum absolute atomic E-state index is 5.56. The molecular weight excluding hydrogens is 354 g/mol.